The molecule has 1 aliphatic rings. The van der Waals surface area contributed by atoms with E-state index in [1.807, 2.05) is 27.7 Å². The van der Waals surface area contributed by atoms with Crippen molar-refractivity contribution in [1.29, 1.82) is 0 Å². The van der Waals surface area contributed by atoms with Gasteiger partial charge in [-0.05, 0) is 83.1 Å². The van der Waals surface area contributed by atoms with Crippen molar-refractivity contribution in [2.75, 3.05) is 0 Å². The second kappa shape index (κ2) is 19.6. The zero-order valence-corrected chi connectivity index (χ0v) is 18.3. The van der Waals surface area contributed by atoms with Crippen molar-refractivity contribution in [3.8, 4) is 0 Å². The molecule has 0 saturated carbocycles. The lowest BCUT2D eigenvalue weighted by molar-refractivity contribution is -0.465. The highest BCUT2D eigenvalue weighted by molar-refractivity contribution is 5.72. The Kier molecular flexibility index (Phi) is 26.6. The molecule has 0 bridgehead atoms. The minimum atomic E-state index is -0.594. The average molecular weight is 399 g/mol. The second-order valence-electron chi connectivity index (χ2n) is 6.97. The van der Waals surface area contributed by atoms with Gasteiger partial charge in [0, 0.05) is 0 Å². The molecule has 0 unspecified atom stereocenters. The molecule has 2 N–H and O–H groups in total. The van der Waals surface area contributed by atoms with Crippen LogP contribution in [-0.2, 0) is 29.1 Å². The highest BCUT2D eigenvalue weighted by atomic mass is 17.4. The lowest BCUT2D eigenvalue weighted by Crippen LogP contribution is -2.26. The molecule has 1 saturated heterocycles. The molecule has 0 aliphatic carbocycles. The van der Waals surface area contributed by atoms with E-state index in [-0.39, 0.29) is 19.0 Å². The summed E-state index contributed by atoms with van der Waals surface area (Å²) in [5.41, 5.74) is 2.85. The van der Waals surface area contributed by atoms with Crippen molar-refractivity contribution in [3.05, 3.63) is 11.1 Å². The van der Waals surface area contributed by atoms with Crippen LogP contribution in [0.3, 0.4) is 0 Å². The van der Waals surface area contributed by atoms with Crippen LogP contribution in [0.15, 0.2) is 11.1 Å². The lowest BCUT2D eigenvalue weighted by Gasteiger charge is -2.15. The van der Waals surface area contributed by atoms with Crippen LogP contribution in [0.4, 0.5) is 0 Å². The Morgan fingerprint density at radius 3 is 0.852 bits per heavy atom. The van der Waals surface area contributed by atoms with E-state index in [4.69, 9.17) is 25.0 Å². The number of ketones is 2. The number of rotatable bonds is 0. The number of carbonyl (C=O) groups is 2. The van der Waals surface area contributed by atoms with Gasteiger partial charge in [-0.15, -0.1) is 0 Å². The Hall–Kier alpha value is -1.16. The van der Waals surface area contributed by atoms with Gasteiger partial charge in [-0.2, -0.15) is 9.78 Å². The fourth-order valence-electron chi connectivity index (χ4n) is 0.827. The van der Waals surface area contributed by atoms with E-state index in [0.717, 1.165) is 0 Å². The van der Waals surface area contributed by atoms with Gasteiger partial charge in [-0.1, -0.05) is 23.6 Å². The smallest absolute Gasteiger partial charge is 0.199 e. The van der Waals surface area contributed by atoms with Gasteiger partial charge >= 0.3 is 0 Å². The first kappa shape index (κ1) is 36.7. The first-order valence-electron chi connectivity index (χ1n) is 8.01. The van der Waals surface area contributed by atoms with Crippen molar-refractivity contribution < 1.29 is 39.7 Å². The summed E-state index contributed by atoms with van der Waals surface area (Å²) < 4.78 is 5.29. The lowest BCUT2D eigenvalue weighted by atomic mass is 10.2. The summed E-state index contributed by atoms with van der Waals surface area (Å²) in [4.78, 5) is 28.6. The molecular weight excluding hydrogens is 356 g/mol. The first-order valence-corrected chi connectivity index (χ1v) is 8.01. The van der Waals surface area contributed by atoms with E-state index in [2.05, 4.69) is 32.7 Å². The van der Waals surface area contributed by atoms with Gasteiger partial charge in [0.1, 0.15) is 11.6 Å². The summed E-state index contributed by atoms with van der Waals surface area (Å²) in [7, 11) is 0. The standard InChI is InChI=1S/C6H12O3.C6H12.2C3H6O.CH4.H2O3/c1-5(2)7-6(3,4)9-8-5;1-5(2)6(3)4;2*1-3(2)4;;1-3-2/h1-4H3;1-4H3;2*1-2H3;1H4;1-2H. The van der Waals surface area contributed by atoms with Crippen molar-refractivity contribution in [2.24, 2.45) is 0 Å². The fourth-order valence-corrected chi connectivity index (χ4v) is 0.827. The van der Waals surface area contributed by atoms with Crippen LogP contribution in [0.25, 0.3) is 0 Å². The second-order valence-corrected chi connectivity index (χ2v) is 6.97. The van der Waals surface area contributed by atoms with E-state index >= 15 is 0 Å². The molecule has 0 atom stereocenters. The number of carbonyl (C=O) groups excluding carboxylic acids is 2. The van der Waals surface area contributed by atoms with Crippen LogP contribution < -0.4 is 0 Å². The minimum Gasteiger partial charge on any atom is -0.314 e. The molecule has 1 heterocycles. The van der Waals surface area contributed by atoms with Crippen molar-refractivity contribution in [3.63, 3.8) is 0 Å². The molecule has 1 rings (SSSR count). The molecule has 0 aromatic heterocycles. The monoisotopic (exact) mass is 398 g/mol. The molecule has 0 radical (unpaired) electrons. The topological polar surface area (TPSA) is 112 Å². The van der Waals surface area contributed by atoms with Gasteiger partial charge in [0.15, 0.2) is 11.6 Å². The third-order valence-corrected chi connectivity index (χ3v) is 1.93. The summed E-state index contributed by atoms with van der Waals surface area (Å²) in [5, 5.41) is 15.5. The average Bonchev–Trinajstić information content (AvgIpc) is 2.61. The summed E-state index contributed by atoms with van der Waals surface area (Å²) in [6.07, 6.45) is 0. The Balaban J connectivity index is -0.0000000794. The summed E-state index contributed by atoms with van der Waals surface area (Å²) in [6, 6.07) is 0. The molecule has 0 aromatic carbocycles. The fraction of sp³-hybridized carbons (Fsp3) is 0.789. The van der Waals surface area contributed by atoms with Gasteiger partial charge in [0.25, 0.3) is 0 Å². The van der Waals surface area contributed by atoms with Gasteiger partial charge in [0.05, 0.1) is 0 Å². The number of Topliss-reactive ketones (excluding diaryl/α,β-unsaturated/α-hetero) is 2. The largest absolute Gasteiger partial charge is 0.314 e. The normalized spacial score (nSPS) is 14.6. The van der Waals surface area contributed by atoms with E-state index in [1.165, 1.54) is 38.8 Å². The highest BCUT2D eigenvalue weighted by Gasteiger charge is 2.40. The molecule has 166 valence electrons. The number of hydrogen-bond donors (Lipinski definition) is 2. The van der Waals surface area contributed by atoms with Crippen LogP contribution >= 0.6 is 0 Å². The minimum absolute atomic E-state index is 0. The van der Waals surface area contributed by atoms with Crippen molar-refractivity contribution in [2.45, 2.75) is 102 Å². The van der Waals surface area contributed by atoms with Gasteiger partial charge in [-0.3, -0.25) is 0 Å². The molecule has 8 nitrogen and oxygen atoms in total. The molecular formula is C19H42O8. The molecule has 1 fully saturated rings. The maximum atomic E-state index is 9.44. The summed E-state index contributed by atoms with van der Waals surface area (Å²) in [6.45, 7) is 21.8. The van der Waals surface area contributed by atoms with Crippen LogP contribution in [-0.4, -0.2) is 33.7 Å². The number of allylic oxidation sites excluding steroid dienone is 2. The molecule has 1 aliphatic heterocycles. The van der Waals surface area contributed by atoms with Crippen LogP contribution in [0.5, 0.6) is 0 Å². The van der Waals surface area contributed by atoms with Crippen LogP contribution in [0.1, 0.15) is 90.5 Å². The van der Waals surface area contributed by atoms with E-state index in [1.54, 1.807) is 0 Å². The van der Waals surface area contributed by atoms with E-state index in [0.29, 0.717) is 0 Å². The number of ether oxygens (including phenoxy) is 1. The van der Waals surface area contributed by atoms with Gasteiger partial charge in [-0.25, -0.2) is 10.5 Å². The molecule has 0 aromatic rings. The van der Waals surface area contributed by atoms with Crippen LogP contribution in [0, 0.1) is 0 Å². The predicted molar refractivity (Wildman–Crippen MR) is 107 cm³/mol. The zero-order valence-electron chi connectivity index (χ0n) is 18.3. The zero-order chi connectivity index (χ0) is 22.1. The maximum Gasteiger partial charge on any atom is 0.199 e. The highest BCUT2D eigenvalue weighted by Crippen LogP contribution is 2.30. The van der Waals surface area contributed by atoms with E-state index in [9.17, 15) is 9.59 Å². The summed E-state index contributed by atoms with van der Waals surface area (Å²) in [5.74, 6) is -0.854. The van der Waals surface area contributed by atoms with Crippen molar-refractivity contribution >= 4 is 11.6 Å². The van der Waals surface area contributed by atoms with Gasteiger partial charge < -0.3 is 14.3 Å². The van der Waals surface area contributed by atoms with Gasteiger partial charge in [0.2, 0.25) is 0 Å². The maximum absolute atomic E-state index is 9.44. The summed E-state index contributed by atoms with van der Waals surface area (Å²) >= 11 is 0. The Morgan fingerprint density at radius 2 is 0.815 bits per heavy atom. The molecule has 8 heteroatoms. The Bertz CT molecular complexity index is 360. The van der Waals surface area contributed by atoms with Crippen LogP contribution in [0.2, 0.25) is 0 Å². The molecule has 27 heavy (non-hydrogen) atoms. The van der Waals surface area contributed by atoms with E-state index < -0.39 is 11.6 Å². The first-order chi connectivity index (χ1) is 11.4. The quantitative estimate of drug-likeness (QED) is 0.309. The third-order valence-electron chi connectivity index (χ3n) is 1.93. The van der Waals surface area contributed by atoms with Crippen molar-refractivity contribution in [1.82, 2.24) is 0 Å². The Labute approximate surface area is 165 Å². The molecule has 0 spiro atoms. The molecule has 0 amide bonds. The number of hydrogen-bond acceptors (Lipinski definition) is 8. The SMILES string of the molecule is C.CC(C)=C(C)C.CC(C)=O.CC(C)=O.CC1(C)OOC(C)(C)O1.OOO. The Morgan fingerprint density at radius 1 is 0.667 bits per heavy atom. The third kappa shape index (κ3) is 51.6. The predicted octanol–water partition coefficient (Wildman–Crippen LogP) is 5.58.